The van der Waals surface area contributed by atoms with Crippen LogP contribution in [0, 0.1) is 6.92 Å². The third kappa shape index (κ3) is 3.43. The molecule has 1 heterocycles. The Morgan fingerprint density at radius 3 is 2.81 bits per heavy atom. The molecule has 0 spiro atoms. The van der Waals surface area contributed by atoms with Gasteiger partial charge in [0.25, 0.3) is 5.91 Å². The van der Waals surface area contributed by atoms with Crippen molar-refractivity contribution in [3.05, 3.63) is 45.4 Å². The van der Waals surface area contributed by atoms with E-state index in [4.69, 9.17) is 16.7 Å². The van der Waals surface area contributed by atoms with Crippen molar-refractivity contribution < 1.29 is 9.90 Å². The molecule has 2 rings (SSSR count). The SMILES string of the molecule is Cc1nc(NC(=O)CO)sc1C(C)(C)c1cccc(Cl)c1. The minimum absolute atomic E-state index is 0.269. The van der Waals surface area contributed by atoms with Crippen LogP contribution in [-0.2, 0) is 10.2 Å². The standard InChI is InChI=1S/C15H17ClN2O2S/c1-9-13(21-14(17-9)18-12(20)8-19)15(2,3)10-5-4-6-11(16)7-10/h4-7,19H,8H2,1-3H3,(H,17,18,20). The molecule has 6 heteroatoms. The van der Waals surface area contributed by atoms with Gasteiger partial charge in [0.05, 0.1) is 5.69 Å². The molecule has 4 nitrogen and oxygen atoms in total. The van der Waals surface area contributed by atoms with Crippen molar-refractivity contribution in [3.63, 3.8) is 0 Å². The minimum Gasteiger partial charge on any atom is -0.387 e. The predicted molar refractivity (Wildman–Crippen MR) is 86.1 cm³/mol. The zero-order valence-electron chi connectivity index (χ0n) is 12.1. The van der Waals surface area contributed by atoms with E-state index in [-0.39, 0.29) is 5.41 Å². The molecular weight excluding hydrogens is 308 g/mol. The number of thiazole rings is 1. The van der Waals surface area contributed by atoms with Crippen molar-refractivity contribution in [2.75, 3.05) is 11.9 Å². The molecular formula is C15H17ClN2O2S. The van der Waals surface area contributed by atoms with Crippen LogP contribution in [0.4, 0.5) is 5.13 Å². The summed E-state index contributed by atoms with van der Waals surface area (Å²) in [5.41, 5.74) is 1.68. The monoisotopic (exact) mass is 324 g/mol. The fourth-order valence-corrected chi connectivity index (χ4v) is 3.49. The van der Waals surface area contributed by atoms with Crippen LogP contribution in [0.15, 0.2) is 24.3 Å². The number of hydrogen-bond donors (Lipinski definition) is 2. The van der Waals surface area contributed by atoms with E-state index in [9.17, 15) is 4.79 Å². The first-order chi connectivity index (χ1) is 9.84. The second kappa shape index (κ2) is 6.13. The molecule has 0 bridgehead atoms. The smallest absolute Gasteiger partial charge is 0.251 e. The molecule has 2 N–H and O–H groups in total. The fourth-order valence-electron chi connectivity index (χ4n) is 2.20. The van der Waals surface area contributed by atoms with E-state index in [1.807, 2.05) is 31.2 Å². The first-order valence-electron chi connectivity index (χ1n) is 6.49. The number of rotatable bonds is 4. The highest BCUT2D eigenvalue weighted by Gasteiger charge is 2.28. The van der Waals surface area contributed by atoms with Gasteiger partial charge in [0.1, 0.15) is 6.61 Å². The Hall–Kier alpha value is -1.43. The van der Waals surface area contributed by atoms with Gasteiger partial charge in [-0.25, -0.2) is 4.98 Å². The van der Waals surface area contributed by atoms with Gasteiger partial charge in [0.15, 0.2) is 5.13 Å². The maximum absolute atomic E-state index is 11.3. The summed E-state index contributed by atoms with van der Waals surface area (Å²) < 4.78 is 0. The van der Waals surface area contributed by atoms with Gasteiger partial charge in [-0.1, -0.05) is 37.6 Å². The minimum atomic E-state index is -0.550. The van der Waals surface area contributed by atoms with Crippen molar-refractivity contribution in [3.8, 4) is 0 Å². The summed E-state index contributed by atoms with van der Waals surface area (Å²) in [5.74, 6) is -0.462. The molecule has 0 atom stereocenters. The van der Waals surface area contributed by atoms with Gasteiger partial charge in [-0.15, -0.1) is 11.3 Å². The van der Waals surface area contributed by atoms with Gasteiger partial charge in [-0.3, -0.25) is 10.1 Å². The van der Waals surface area contributed by atoms with Crippen LogP contribution in [-0.4, -0.2) is 22.6 Å². The van der Waals surface area contributed by atoms with Crippen LogP contribution in [0.5, 0.6) is 0 Å². The number of amides is 1. The van der Waals surface area contributed by atoms with Gasteiger partial charge < -0.3 is 5.11 Å². The molecule has 1 aromatic carbocycles. The average molecular weight is 325 g/mol. The van der Waals surface area contributed by atoms with Crippen LogP contribution in [0.1, 0.15) is 30.0 Å². The molecule has 2 aromatic rings. The summed E-state index contributed by atoms with van der Waals surface area (Å²) in [5, 5.41) is 12.6. The van der Waals surface area contributed by atoms with Crippen molar-refractivity contribution in [1.29, 1.82) is 0 Å². The fraction of sp³-hybridized carbons (Fsp3) is 0.333. The molecule has 1 amide bonds. The van der Waals surface area contributed by atoms with Gasteiger partial charge in [0.2, 0.25) is 0 Å². The van der Waals surface area contributed by atoms with Crippen molar-refractivity contribution in [1.82, 2.24) is 4.98 Å². The molecule has 0 radical (unpaired) electrons. The summed E-state index contributed by atoms with van der Waals surface area (Å²) in [7, 11) is 0. The molecule has 0 fully saturated rings. The molecule has 0 saturated carbocycles. The Bertz CT molecular complexity index is 667. The highest BCUT2D eigenvalue weighted by molar-refractivity contribution is 7.16. The number of nitrogens with zero attached hydrogens (tertiary/aromatic N) is 1. The number of aliphatic hydroxyl groups excluding tert-OH is 1. The summed E-state index contributed by atoms with van der Waals surface area (Å²) >= 11 is 7.49. The van der Waals surface area contributed by atoms with Crippen molar-refractivity contribution in [2.24, 2.45) is 0 Å². The van der Waals surface area contributed by atoms with Gasteiger partial charge >= 0.3 is 0 Å². The number of hydrogen-bond acceptors (Lipinski definition) is 4. The molecule has 112 valence electrons. The van der Waals surface area contributed by atoms with E-state index in [1.54, 1.807) is 0 Å². The Morgan fingerprint density at radius 2 is 2.19 bits per heavy atom. The molecule has 0 aliphatic rings. The highest BCUT2D eigenvalue weighted by atomic mass is 35.5. The Labute approximate surface area is 132 Å². The number of carbonyl (C=O) groups excluding carboxylic acids is 1. The second-order valence-corrected chi connectivity index (χ2v) is 6.71. The number of aromatic nitrogens is 1. The summed E-state index contributed by atoms with van der Waals surface area (Å²) in [6, 6.07) is 7.72. The Balaban J connectivity index is 2.38. The van der Waals surface area contributed by atoms with E-state index in [2.05, 4.69) is 24.1 Å². The maximum atomic E-state index is 11.3. The molecule has 0 aliphatic carbocycles. The maximum Gasteiger partial charge on any atom is 0.251 e. The lowest BCUT2D eigenvalue weighted by Crippen LogP contribution is -2.18. The first kappa shape index (κ1) is 15.9. The lowest BCUT2D eigenvalue weighted by Gasteiger charge is -2.24. The first-order valence-corrected chi connectivity index (χ1v) is 7.68. The van der Waals surface area contributed by atoms with Crippen molar-refractivity contribution in [2.45, 2.75) is 26.2 Å². The molecule has 0 saturated heterocycles. The van der Waals surface area contributed by atoms with Crippen LogP contribution in [0.2, 0.25) is 5.02 Å². The van der Waals surface area contributed by atoms with E-state index < -0.39 is 12.5 Å². The van der Waals surface area contributed by atoms with Gasteiger partial charge in [-0.2, -0.15) is 0 Å². The third-order valence-corrected chi connectivity index (χ3v) is 4.93. The number of halogens is 1. The quantitative estimate of drug-likeness (QED) is 0.906. The lowest BCUT2D eigenvalue weighted by atomic mass is 9.82. The number of carbonyl (C=O) groups is 1. The van der Waals surface area contributed by atoms with E-state index in [0.29, 0.717) is 10.2 Å². The molecule has 0 unspecified atom stereocenters. The van der Waals surface area contributed by atoms with Gasteiger partial charge in [-0.05, 0) is 24.6 Å². The average Bonchev–Trinajstić information content (AvgIpc) is 2.80. The second-order valence-electron chi connectivity index (χ2n) is 5.28. The topological polar surface area (TPSA) is 62.2 Å². The summed E-state index contributed by atoms with van der Waals surface area (Å²) in [6.45, 7) is 5.55. The zero-order valence-corrected chi connectivity index (χ0v) is 13.7. The van der Waals surface area contributed by atoms with Crippen LogP contribution in [0.3, 0.4) is 0 Å². The number of benzene rings is 1. The third-order valence-electron chi connectivity index (χ3n) is 3.30. The normalized spacial score (nSPS) is 11.5. The Kier molecular flexibility index (Phi) is 4.66. The predicted octanol–water partition coefficient (Wildman–Crippen LogP) is 3.36. The van der Waals surface area contributed by atoms with Gasteiger partial charge in [0, 0.05) is 15.3 Å². The highest BCUT2D eigenvalue weighted by Crippen LogP contribution is 2.39. The van der Waals surface area contributed by atoms with Crippen LogP contribution < -0.4 is 5.32 Å². The van der Waals surface area contributed by atoms with Crippen LogP contribution in [0.25, 0.3) is 0 Å². The number of nitrogens with one attached hydrogen (secondary N) is 1. The lowest BCUT2D eigenvalue weighted by molar-refractivity contribution is -0.118. The van der Waals surface area contributed by atoms with Crippen molar-refractivity contribution >= 4 is 34.0 Å². The molecule has 21 heavy (non-hydrogen) atoms. The van der Waals surface area contributed by atoms with E-state index in [1.165, 1.54) is 11.3 Å². The summed E-state index contributed by atoms with van der Waals surface area (Å²) in [6.07, 6.45) is 0. The van der Waals surface area contributed by atoms with E-state index in [0.717, 1.165) is 16.1 Å². The molecule has 1 aromatic heterocycles. The Morgan fingerprint density at radius 1 is 1.48 bits per heavy atom. The number of aliphatic hydroxyl groups is 1. The van der Waals surface area contributed by atoms with Crippen LogP contribution >= 0.6 is 22.9 Å². The summed E-state index contributed by atoms with van der Waals surface area (Å²) in [4.78, 5) is 16.7. The number of aryl methyl sites for hydroxylation is 1. The number of anilines is 1. The van der Waals surface area contributed by atoms with E-state index >= 15 is 0 Å². The molecule has 0 aliphatic heterocycles. The largest absolute Gasteiger partial charge is 0.387 e. The zero-order chi connectivity index (χ0) is 15.6.